The molecule has 3 nitrogen and oxygen atoms in total. The fourth-order valence-corrected chi connectivity index (χ4v) is 1.95. The third kappa shape index (κ3) is 3.14. The van der Waals surface area contributed by atoms with Crippen molar-refractivity contribution in [3.05, 3.63) is 59.2 Å². The van der Waals surface area contributed by atoms with Crippen LogP contribution in [0.5, 0.6) is 0 Å². The van der Waals surface area contributed by atoms with E-state index in [4.69, 9.17) is 5.73 Å². The maximum absolute atomic E-state index is 6.18. The molecule has 18 heavy (non-hydrogen) atoms. The lowest BCUT2D eigenvalue weighted by Crippen LogP contribution is -2.15. The van der Waals surface area contributed by atoms with Crippen molar-refractivity contribution in [2.24, 2.45) is 5.73 Å². The van der Waals surface area contributed by atoms with E-state index in [-0.39, 0.29) is 6.04 Å². The topological polar surface area (TPSA) is 51.8 Å². The smallest absolute Gasteiger partial charge is 0.125 e. The zero-order valence-electron chi connectivity index (χ0n) is 10.9. The number of hydrogen-bond acceptors (Lipinski definition) is 3. The Morgan fingerprint density at radius 2 is 1.78 bits per heavy atom. The Labute approximate surface area is 108 Å². The van der Waals surface area contributed by atoms with Gasteiger partial charge in [0.2, 0.25) is 0 Å². The van der Waals surface area contributed by atoms with Gasteiger partial charge in [-0.2, -0.15) is 0 Å². The van der Waals surface area contributed by atoms with E-state index in [1.54, 1.807) is 6.20 Å². The van der Waals surface area contributed by atoms with Crippen molar-refractivity contribution in [3.8, 4) is 0 Å². The zero-order chi connectivity index (χ0) is 13.0. The van der Waals surface area contributed by atoms with E-state index in [0.717, 1.165) is 24.4 Å². The molecule has 1 aromatic heterocycles. The van der Waals surface area contributed by atoms with Crippen molar-refractivity contribution in [1.29, 1.82) is 0 Å². The Kier molecular flexibility index (Phi) is 4.05. The standard InChI is InChI=1S/C15H19N3/c1-3-12-4-6-13(7-5-12)10-14(16)15-8-9-17-11(2)18-15/h4-9,14H,3,10,16H2,1-2H3. The molecule has 0 bridgehead atoms. The number of aryl methyl sites for hydroxylation is 2. The summed E-state index contributed by atoms with van der Waals surface area (Å²) in [6.45, 7) is 4.04. The molecule has 0 saturated heterocycles. The zero-order valence-corrected chi connectivity index (χ0v) is 10.9. The molecule has 0 saturated carbocycles. The molecule has 0 aliphatic heterocycles. The highest BCUT2D eigenvalue weighted by Crippen LogP contribution is 2.14. The number of aromatic nitrogens is 2. The van der Waals surface area contributed by atoms with E-state index < -0.39 is 0 Å². The highest BCUT2D eigenvalue weighted by Gasteiger charge is 2.08. The van der Waals surface area contributed by atoms with Gasteiger partial charge in [0.25, 0.3) is 0 Å². The first kappa shape index (κ1) is 12.7. The lowest BCUT2D eigenvalue weighted by atomic mass is 10.0. The van der Waals surface area contributed by atoms with Gasteiger partial charge in [0.05, 0.1) is 11.7 Å². The van der Waals surface area contributed by atoms with E-state index >= 15 is 0 Å². The van der Waals surface area contributed by atoms with Gasteiger partial charge in [-0.25, -0.2) is 9.97 Å². The second-order valence-corrected chi connectivity index (χ2v) is 4.51. The molecule has 0 radical (unpaired) electrons. The summed E-state index contributed by atoms with van der Waals surface area (Å²) in [6.07, 6.45) is 3.63. The van der Waals surface area contributed by atoms with Crippen LogP contribution in [0.2, 0.25) is 0 Å². The van der Waals surface area contributed by atoms with Crippen molar-refractivity contribution in [1.82, 2.24) is 9.97 Å². The number of hydrogen-bond donors (Lipinski definition) is 1. The average molecular weight is 241 g/mol. The fraction of sp³-hybridized carbons (Fsp3) is 0.333. The summed E-state index contributed by atoms with van der Waals surface area (Å²) in [5.41, 5.74) is 9.68. The van der Waals surface area contributed by atoms with E-state index in [0.29, 0.717) is 0 Å². The molecule has 2 rings (SSSR count). The number of nitrogens with zero attached hydrogens (tertiary/aromatic N) is 2. The van der Waals surface area contributed by atoms with Gasteiger partial charge in [-0.3, -0.25) is 0 Å². The summed E-state index contributed by atoms with van der Waals surface area (Å²) in [5, 5.41) is 0. The van der Waals surface area contributed by atoms with Crippen LogP contribution < -0.4 is 5.73 Å². The second kappa shape index (κ2) is 5.74. The second-order valence-electron chi connectivity index (χ2n) is 4.51. The Morgan fingerprint density at radius 1 is 1.11 bits per heavy atom. The highest BCUT2D eigenvalue weighted by atomic mass is 14.9. The van der Waals surface area contributed by atoms with Gasteiger partial charge >= 0.3 is 0 Å². The molecule has 3 heteroatoms. The molecule has 0 fully saturated rings. The van der Waals surface area contributed by atoms with Gasteiger partial charge in [-0.15, -0.1) is 0 Å². The molecular formula is C15H19N3. The molecule has 0 spiro atoms. The summed E-state index contributed by atoms with van der Waals surface area (Å²) in [6, 6.07) is 10.4. The molecule has 0 aliphatic carbocycles. The summed E-state index contributed by atoms with van der Waals surface area (Å²) < 4.78 is 0. The van der Waals surface area contributed by atoms with Crippen molar-refractivity contribution in [2.75, 3.05) is 0 Å². The molecule has 2 N–H and O–H groups in total. The van der Waals surface area contributed by atoms with Crippen molar-refractivity contribution < 1.29 is 0 Å². The molecule has 1 aromatic carbocycles. The first-order valence-electron chi connectivity index (χ1n) is 6.32. The molecule has 1 heterocycles. The van der Waals surface area contributed by atoms with E-state index in [2.05, 4.69) is 41.2 Å². The Morgan fingerprint density at radius 3 is 2.39 bits per heavy atom. The Bertz CT molecular complexity index is 505. The molecule has 0 amide bonds. The largest absolute Gasteiger partial charge is 0.322 e. The van der Waals surface area contributed by atoms with E-state index in [1.165, 1.54) is 11.1 Å². The van der Waals surface area contributed by atoms with Crippen molar-refractivity contribution >= 4 is 0 Å². The van der Waals surface area contributed by atoms with E-state index in [1.807, 2.05) is 13.0 Å². The van der Waals surface area contributed by atoms with Gasteiger partial charge < -0.3 is 5.73 Å². The molecular weight excluding hydrogens is 222 g/mol. The predicted molar refractivity (Wildman–Crippen MR) is 73.2 cm³/mol. The van der Waals surface area contributed by atoms with Crippen LogP contribution in [0.25, 0.3) is 0 Å². The van der Waals surface area contributed by atoms with Crippen LogP contribution in [0, 0.1) is 6.92 Å². The van der Waals surface area contributed by atoms with Gasteiger partial charge in [0.1, 0.15) is 5.82 Å². The van der Waals surface area contributed by atoms with Gasteiger partial charge in [-0.05, 0) is 37.0 Å². The lowest BCUT2D eigenvalue weighted by molar-refractivity contribution is 0.688. The Hall–Kier alpha value is -1.74. The first-order chi connectivity index (χ1) is 8.69. The molecule has 1 atom stereocenters. The maximum atomic E-state index is 6.18. The monoisotopic (exact) mass is 241 g/mol. The lowest BCUT2D eigenvalue weighted by Gasteiger charge is -2.11. The van der Waals surface area contributed by atoms with Crippen molar-refractivity contribution in [2.45, 2.75) is 32.7 Å². The maximum Gasteiger partial charge on any atom is 0.125 e. The van der Waals surface area contributed by atoms with Crippen LogP contribution >= 0.6 is 0 Å². The van der Waals surface area contributed by atoms with Crippen LogP contribution in [0.1, 0.15) is 35.6 Å². The molecule has 0 aliphatic rings. The van der Waals surface area contributed by atoms with Crippen LogP contribution in [0.4, 0.5) is 0 Å². The van der Waals surface area contributed by atoms with Gasteiger partial charge in [-0.1, -0.05) is 31.2 Å². The minimum absolute atomic E-state index is 0.0702. The summed E-state index contributed by atoms with van der Waals surface area (Å²) >= 11 is 0. The number of nitrogens with two attached hydrogens (primary N) is 1. The Balaban J connectivity index is 2.08. The number of rotatable bonds is 4. The van der Waals surface area contributed by atoms with Gasteiger partial charge in [0.15, 0.2) is 0 Å². The summed E-state index contributed by atoms with van der Waals surface area (Å²) in [5.74, 6) is 0.768. The fourth-order valence-electron chi connectivity index (χ4n) is 1.95. The predicted octanol–water partition coefficient (Wildman–Crippen LogP) is 2.59. The summed E-state index contributed by atoms with van der Waals surface area (Å²) in [7, 11) is 0. The third-order valence-corrected chi connectivity index (χ3v) is 3.06. The highest BCUT2D eigenvalue weighted by molar-refractivity contribution is 5.24. The van der Waals surface area contributed by atoms with Crippen LogP contribution in [0.3, 0.4) is 0 Å². The normalized spacial score (nSPS) is 12.4. The SMILES string of the molecule is CCc1ccc(CC(N)c2ccnc(C)n2)cc1. The van der Waals surface area contributed by atoms with Crippen LogP contribution in [-0.4, -0.2) is 9.97 Å². The van der Waals surface area contributed by atoms with E-state index in [9.17, 15) is 0 Å². The summed E-state index contributed by atoms with van der Waals surface area (Å²) in [4.78, 5) is 8.45. The minimum atomic E-state index is -0.0702. The van der Waals surface area contributed by atoms with Crippen LogP contribution in [0.15, 0.2) is 36.5 Å². The van der Waals surface area contributed by atoms with Gasteiger partial charge in [0, 0.05) is 6.20 Å². The average Bonchev–Trinajstić information content (AvgIpc) is 2.39. The van der Waals surface area contributed by atoms with Crippen LogP contribution in [-0.2, 0) is 12.8 Å². The van der Waals surface area contributed by atoms with Crippen molar-refractivity contribution in [3.63, 3.8) is 0 Å². The minimum Gasteiger partial charge on any atom is -0.322 e. The quantitative estimate of drug-likeness (QED) is 0.895. The third-order valence-electron chi connectivity index (χ3n) is 3.06. The first-order valence-corrected chi connectivity index (χ1v) is 6.32. The number of benzene rings is 1. The molecule has 1 unspecified atom stereocenters. The molecule has 2 aromatic rings. The molecule has 94 valence electrons.